The number of hydrogen-bond donors (Lipinski definition) is 2. The van der Waals surface area contributed by atoms with Gasteiger partial charge in [-0.3, -0.25) is 9.89 Å². The number of aryl methyl sites for hydroxylation is 1. The summed E-state index contributed by atoms with van der Waals surface area (Å²) in [5.41, 5.74) is 0.291. The van der Waals surface area contributed by atoms with E-state index in [1.54, 1.807) is 6.92 Å². The van der Waals surface area contributed by atoms with Crippen molar-refractivity contribution >= 4 is 29.9 Å². The Morgan fingerprint density at radius 2 is 1.81 bits per heavy atom. The van der Waals surface area contributed by atoms with Gasteiger partial charge in [-0.05, 0) is 38.8 Å². The number of halogens is 1. The number of nitrogens with one attached hydrogen (secondary N) is 2. The Morgan fingerprint density at radius 1 is 1.12 bits per heavy atom. The molecule has 1 saturated carbocycles. The maximum Gasteiger partial charge on any atom is 0.223 e. The van der Waals surface area contributed by atoms with Gasteiger partial charge in [-0.15, -0.1) is 24.0 Å². The Balaban J connectivity index is 0.00000243. The summed E-state index contributed by atoms with van der Waals surface area (Å²) in [6, 6.07) is 0. The van der Waals surface area contributed by atoms with Crippen molar-refractivity contribution in [2.75, 3.05) is 26.7 Å². The third-order valence-corrected chi connectivity index (χ3v) is 5.60. The predicted octanol–water partition coefficient (Wildman–Crippen LogP) is 2.85. The zero-order chi connectivity index (χ0) is 17.5. The van der Waals surface area contributed by atoms with E-state index in [2.05, 4.69) is 30.7 Å². The van der Waals surface area contributed by atoms with Crippen LogP contribution in [0, 0.1) is 6.92 Å². The molecule has 1 aromatic heterocycles. The first-order valence-electron chi connectivity index (χ1n) is 9.71. The lowest BCUT2D eigenvalue weighted by molar-refractivity contribution is 0.0368. The lowest BCUT2D eigenvalue weighted by Gasteiger charge is -2.48. The van der Waals surface area contributed by atoms with Crippen LogP contribution in [0.1, 0.15) is 63.1 Å². The summed E-state index contributed by atoms with van der Waals surface area (Å²) in [6.45, 7) is 5.77. The van der Waals surface area contributed by atoms with Gasteiger partial charge in [-0.2, -0.15) is 4.98 Å². The highest BCUT2D eigenvalue weighted by Crippen LogP contribution is 2.35. The molecule has 0 spiro atoms. The summed E-state index contributed by atoms with van der Waals surface area (Å²) in [6.07, 6.45) is 10.7. The van der Waals surface area contributed by atoms with E-state index in [-0.39, 0.29) is 24.0 Å². The van der Waals surface area contributed by atoms with Crippen LogP contribution >= 0.6 is 24.0 Å². The van der Waals surface area contributed by atoms with Crippen molar-refractivity contribution in [2.45, 2.75) is 70.4 Å². The number of aromatic nitrogens is 2. The van der Waals surface area contributed by atoms with Gasteiger partial charge in [0, 0.05) is 26.1 Å². The number of guanidine groups is 1. The van der Waals surface area contributed by atoms with Crippen LogP contribution in [0.15, 0.2) is 9.52 Å². The standard InChI is InChI=1S/C18H32N6O.HI/c1-15-22-16(23-25-15)13-20-17(19-2)21-14-18(9-5-3-6-10-18)24-11-7-4-8-12-24;/h3-14H2,1-2H3,(H2,19,20,21);1H. The number of piperidine rings is 1. The van der Waals surface area contributed by atoms with Crippen molar-refractivity contribution in [1.82, 2.24) is 25.7 Å². The normalized spacial score (nSPS) is 21.1. The van der Waals surface area contributed by atoms with Crippen LogP contribution in [0.2, 0.25) is 0 Å². The van der Waals surface area contributed by atoms with E-state index in [1.807, 2.05) is 7.05 Å². The molecule has 7 nitrogen and oxygen atoms in total. The topological polar surface area (TPSA) is 78.6 Å². The number of nitrogens with zero attached hydrogens (tertiary/aromatic N) is 4. The Bertz CT molecular complexity index is 564. The number of aliphatic imine (C=N–C) groups is 1. The second-order valence-electron chi connectivity index (χ2n) is 7.34. The van der Waals surface area contributed by atoms with Gasteiger partial charge in [-0.25, -0.2) is 0 Å². The SMILES string of the molecule is CN=C(NCc1noc(C)n1)NCC1(N2CCCCC2)CCCCC1.I. The van der Waals surface area contributed by atoms with Crippen LogP contribution in [0.5, 0.6) is 0 Å². The third-order valence-electron chi connectivity index (χ3n) is 5.60. The molecule has 2 heterocycles. The minimum Gasteiger partial charge on any atom is -0.355 e. The minimum atomic E-state index is 0. The van der Waals surface area contributed by atoms with Crippen LogP contribution < -0.4 is 10.6 Å². The third kappa shape index (κ3) is 5.55. The second-order valence-corrected chi connectivity index (χ2v) is 7.34. The molecule has 8 heteroatoms. The largest absolute Gasteiger partial charge is 0.355 e. The van der Waals surface area contributed by atoms with E-state index in [4.69, 9.17) is 4.52 Å². The maximum atomic E-state index is 5.01. The first-order valence-corrected chi connectivity index (χ1v) is 9.71. The summed E-state index contributed by atoms with van der Waals surface area (Å²) in [7, 11) is 1.81. The molecule has 2 fully saturated rings. The molecule has 148 valence electrons. The van der Waals surface area contributed by atoms with Gasteiger partial charge in [0.2, 0.25) is 5.89 Å². The van der Waals surface area contributed by atoms with E-state index in [0.29, 0.717) is 23.8 Å². The summed E-state index contributed by atoms with van der Waals surface area (Å²) < 4.78 is 5.01. The number of hydrogen-bond acceptors (Lipinski definition) is 5. The zero-order valence-electron chi connectivity index (χ0n) is 16.1. The molecular formula is C18H33IN6O. The van der Waals surface area contributed by atoms with E-state index >= 15 is 0 Å². The van der Waals surface area contributed by atoms with Gasteiger partial charge in [0.1, 0.15) is 0 Å². The fourth-order valence-corrected chi connectivity index (χ4v) is 4.23. The molecule has 1 aliphatic heterocycles. The molecule has 0 radical (unpaired) electrons. The summed E-state index contributed by atoms with van der Waals surface area (Å²) in [5.74, 6) is 2.05. The van der Waals surface area contributed by atoms with Gasteiger partial charge in [-0.1, -0.05) is 30.8 Å². The quantitative estimate of drug-likeness (QED) is 0.387. The van der Waals surface area contributed by atoms with Crippen LogP contribution in [-0.4, -0.2) is 53.2 Å². The number of likely N-dealkylation sites (tertiary alicyclic amines) is 1. The Morgan fingerprint density at radius 3 is 2.42 bits per heavy atom. The smallest absolute Gasteiger partial charge is 0.223 e. The van der Waals surface area contributed by atoms with Crippen molar-refractivity contribution in [1.29, 1.82) is 0 Å². The highest BCUT2D eigenvalue weighted by atomic mass is 127. The fraction of sp³-hybridized carbons (Fsp3) is 0.833. The molecule has 3 rings (SSSR count). The van der Waals surface area contributed by atoms with Gasteiger partial charge in [0.05, 0.1) is 6.54 Å². The van der Waals surface area contributed by atoms with Crippen molar-refractivity contribution in [3.63, 3.8) is 0 Å². The summed E-state index contributed by atoms with van der Waals surface area (Å²) in [5, 5.41) is 10.8. The Hall–Kier alpha value is -0.900. The number of rotatable bonds is 5. The first kappa shape index (κ1) is 21.4. The summed E-state index contributed by atoms with van der Waals surface area (Å²) >= 11 is 0. The van der Waals surface area contributed by atoms with E-state index < -0.39 is 0 Å². The van der Waals surface area contributed by atoms with Crippen molar-refractivity contribution < 1.29 is 4.52 Å². The molecule has 0 aromatic carbocycles. The molecule has 0 atom stereocenters. The highest BCUT2D eigenvalue weighted by molar-refractivity contribution is 14.0. The zero-order valence-corrected chi connectivity index (χ0v) is 18.4. The molecule has 0 unspecified atom stereocenters. The van der Waals surface area contributed by atoms with Gasteiger partial charge in [0.15, 0.2) is 11.8 Å². The van der Waals surface area contributed by atoms with Gasteiger partial charge >= 0.3 is 0 Å². The highest BCUT2D eigenvalue weighted by Gasteiger charge is 2.38. The average Bonchev–Trinajstić information content (AvgIpc) is 3.08. The minimum absolute atomic E-state index is 0. The molecule has 1 saturated heterocycles. The van der Waals surface area contributed by atoms with Crippen molar-refractivity contribution in [3.05, 3.63) is 11.7 Å². The average molecular weight is 476 g/mol. The molecule has 26 heavy (non-hydrogen) atoms. The molecule has 0 bridgehead atoms. The Labute approximate surface area is 173 Å². The first-order chi connectivity index (χ1) is 12.2. The fourth-order valence-electron chi connectivity index (χ4n) is 4.23. The Kier molecular flexibility index (Phi) is 8.59. The predicted molar refractivity (Wildman–Crippen MR) is 114 cm³/mol. The summed E-state index contributed by atoms with van der Waals surface area (Å²) in [4.78, 5) is 11.3. The van der Waals surface area contributed by atoms with Crippen molar-refractivity contribution in [3.8, 4) is 0 Å². The van der Waals surface area contributed by atoms with Crippen LogP contribution in [0.25, 0.3) is 0 Å². The van der Waals surface area contributed by atoms with E-state index in [0.717, 1.165) is 12.5 Å². The molecule has 2 aliphatic rings. The lowest BCUT2D eigenvalue weighted by Crippen LogP contribution is -2.59. The van der Waals surface area contributed by atoms with Crippen LogP contribution in [-0.2, 0) is 6.54 Å². The monoisotopic (exact) mass is 476 g/mol. The molecule has 1 aromatic rings. The van der Waals surface area contributed by atoms with Crippen LogP contribution in [0.3, 0.4) is 0 Å². The molecule has 1 aliphatic carbocycles. The molecular weight excluding hydrogens is 443 g/mol. The van der Waals surface area contributed by atoms with E-state index in [9.17, 15) is 0 Å². The van der Waals surface area contributed by atoms with Crippen molar-refractivity contribution in [2.24, 2.45) is 4.99 Å². The lowest BCUT2D eigenvalue weighted by atomic mass is 9.79. The van der Waals surface area contributed by atoms with Gasteiger partial charge < -0.3 is 15.2 Å². The van der Waals surface area contributed by atoms with Crippen LogP contribution in [0.4, 0.5) is 0 Å². The second kappa shape index (κ2) is 10.4. The molecule has 0 amide bonds. The van der Waals surface area contributed by atoms with E-state index in [1.165, 1.54) is 64.5 Å². The van der Waals surface area contributed by atoms with Gasteiger partial charge in [0.25, 0.3) is 0 Å². The maximum absolute atomic E-state index is 5.01. The molecule has 2 N–H and O–H groups in total.